The lowest BCUT2D eigenvalue weighted by atomic mass is 9.84. The lowest BCUT2D eigenvalue weighted by Crippen LogP contribution is -2.51. The highest BCUT2D eigenvalue weighted by molar-refractivity contribution is 7.99. The van der Waals surface area contributed by atoms with Crippen LogP contribution >= 0.6 is 11.8 Å². The monoisotopic (exact) mass is 352 g/mol. The van der Waals surface area contributed by atoms with Gasteiger partial charge in [0.15, 0.2) is 0 Å². The maximum Gasteiger partial charge on any atom is 0.303 e. The van der Waals surface area contributed by atoms with Crippen LogP contribution in [0.1, 0.15) is 27.7 Å². The highest BCUT2D eigenvalue weighted by atomic mass is 32.2. The van der Waals surface area contributed by atoms with Crippen molar-refractivity contribution >= 4 is 23.7 Å². The second-order valence-electron chi connectivity index (χ2n) is 6.07. The number of carbonyl (C=O) groups excluding carboxylic acids is 2. The summed E-state index contributed by atoms with van der Waals surface area (Å²) >= 11 is 1.52. The summed E-state index contributed by atoms with van der Waals surface area (Å²) < 4.78 is 16.8. The molecule has 0 saturated carbocycles. The fraction of sp³-hybridized carbons (Fsp3) is 0.556. The van der Waals surface area contributed by atoms with Gasteiger partial charge in [-0.25, -0.2) is 0 Å². The summed E-state index contributed by atoms with van der Waals surface area (Å²) in [4.78, 5) is 23.6. The molecule has 2 rings (SSSR count). The lowest BCUT2D eigenvalue weighted by Gasteiger charge is -2.43. The van der Waals surface area contributed by atoms with Crippen LogP contribution in [0.25, 0.3) is 0 Å². The number of hydrogen-bond acceptors (Lipinski definition) is 6. The van der Waals surface area contributed by atoms with Gasteiger partial charge in [0.25, 0.3) is 0 Å². The SMILES string of the molecule is CC(=O)OCC1O[C@@H](Sc2ccccc2)C(OC(C)=O)[C@@H](C)[C@H]1C. The van der Waals surface area contributed by atoms with Crippen LogP contribution in [0.5, 0.6) is 0 Å². The van der Waals surface area contributed by atoms with E-state index in [4.69, 9.17) is 14.2 Å². The number of ether oxygens (including phenoxy) is 3. The van der Waals surface area contributed by atoms with Crippen molar-refractivity contribution in [3.8, 4) is 0 Å². The first-order valence-electron chi connectivity index (χ1n) is 8.06. The van der Waals surface area contributed by atoms with E-state index < -0.39 is 0 Å². The zero-order valence-corrected chi connectivity index (χ0v) is 15.2. The molecule has 1 aromatic rings. The van der Waals surface area contributed by atoms with Crippen molar-refractivity contribution in [2.45, 2.75) is 50.2 Å². The van der Waals surface area contributed by atoms with E-state index >= 15 is 0 Å². The Morgan fingerprint density at radius 3 is 2.33 bits per heavy atom. The predicted molar refractivity (Wildman–Crippen MR) is 91.5 cm³/mol. The first-order chi connectivity index (χ1) is 11.4. The van der Waals surface area contributed by atoms with Gasteiger partial charge in [-0.3, -0.25) is 9.59 Å². The third-order valence-electron chi connectivity index (χ3n) is 4.26. The van der Waals surface area contributed by atoms with E-state index in [0.717, 1.165) is 4.90 Å². The molecule has 0 aromatic heterocycles. The highest BCUT2D eigenvalue weighted by Gasteiger charge is 2.44. The summed E-state index contributed by atoms with van der Waals surface area (Å²) in [6.07, 6.45) is -0.576. The normalized spacial score (nSPS) is 29.8. The van der Waals surface area contributed by atoms with Crippen molar-refractivity contribution in [2.75, 3.05) is 6.61 Å². The maximum absolute atomic E-state index is 11.5. The van der Waals surface area contributed by atoms with Crippen LogP contribution in [0.3, 0.4) is 0 Å². The fourth-order valence-electron chi connectivity index (χ4n) is 2.73. The van der Waals surface area contributed by atoms with E-state index in [1.54, 1.807) is 0 Å². The van der Waals surface area contributed by atoms with Crippen LogP contribution < -0.4 is 0 Å². The van der Waals surface area contributed by atoms with Crippen LogP contribution in [-0.4, -0.2) is 36.2 Å². The Labute approximate surface area is 147 Å². The van der Waals surface area contributed by atoms with E-state index in [1.807, 2.05) is 44.2 Å². The second kappa shape index (κ2) is 8.53. The molecule has 1 aliphatic heterocycles. The first-order valence-corrected chi connectivity index (χ1v) is 8.94. The molecule has 0 aliphatic carbocycles. The molecular weight excluding hydrogens is 328 g/mol. The third kappa shape index (κ3) is 4.98. The zero-order valence-electron chi connectivity index (χ0n) is 14.4. The molecule has 24 heavy (non-hydrogen) atoms. The zero-order chi connectivity index (χ0) is 17.7. The van der Waals surface area contributed by atoms with Crippen molar-refractivity contribution in [2.24, 2.45) is 11.8 Å². The number of carbonyl (C=O) groups is 2. The molecule has 132 valence electrons. The van der Waals surface area contributed by atoms with Crippen LogP contribution in [0.15, 0.2) is 35.2 Å². The molecule has 0 bridgehead atoms. The van der Waals surface area contributed by atoms with E-state index in [2.05, 4.69) is 0 Å². The van der Waals surface area contributed by atoms with Crippen molar-refractivity contribution < 1.29 is 23.8 Å². The quantitative estimate of drug-likeness (QED) is 0.758. The van der Waals surface area contributed by atoms with Gasteiger partial charge in [0.05, 0.1) is 6.10 Å². The number of hydrogen-bond donors (Lipinski definition) is 0. The fourth-order valence-corrected chi connectivity index (χ4v) is 3.95. The molecule has 1 heterocycles. The van der Waals surface area contributed by atoms with Gasteiger partial charge in [-0.15, -0.1) is 0 Å². The Kier molecular flexibility index (Phi) is 6.69. The lowest BCUT2D eigenvalue weighted by molar-refractivity contribution is -0.184. The van der Waals surface area contributed by atoms with Crippen molar-refractivity contribution in [3.63, 3.8) is 0 Å². The van der Waals surface area contributed by atoms with E-state index in [0.29, 0.717) is 0 Å². The number of esters is 2. The summed E-state index contributed by atoms with van der Waals surface area (Å²) in [6.45, 7) is 7.07. The third-order valence-corrected chi connectivity index (χ3v) is 5.42. The predicted octanol–water partition coefficient (Wildman–Crippen LogP) is 3.27. The number of rotatable bonds is 5. The highest BCUT2D eigenvalue weighted by Crippen LogP contribution is 2.40. The molecule has 1 aromatic carbocycles. The van der Waals surface area contributed by atoms with Gasteiger partial charge >= 0.3 is 11.9 Å². The average Bonchev–Trinajstić information content (AvgIpc) is 2.53. The molecule has 0 spiro atoms. The summed E-state index contributed by atoms with van der Waals surface area (Å²) in [7, 11) is 0. The molecule has 5 nitrogen and oxygen atoms in total. The topological polar surface area (TPSA) is 61.8 Å². The van der Waals surface area contributed by atoms with E-state index in [1.165, 1.54) is 25.6 Å². The Hall–Kier alpha value is -1.53. The molecule has 2 unspecified atom stereocenters. The molecule has 1 aliphatic rings. The minimum atomic E-state index is -0.351. The van der Waals surface area contributed by atoms with Gasteiger partial charge < -0.3 is 14.2 Å². The van der Waals surface area contributed by atoms with Gasteiger partial charge in [0, 0.05) is 24.7 Å². The van der Waals surface area contributed by atoms with Gasteiger partial charge in [-0.2, -0.15) is 0 Å². The minimum absolute atomic E-state index is 0.0874. The smallest absolute Gasteiger partial charge is 0.303 e. The largest absolute Gasteiger partial charge is 0.463 e. The van der Waals surface area contributed by atoms with Gasteiger partial charge in [0.1, 0.15) is 18.1 Å². The van der Waals surface area contributed by atoms with Crippen LogP contribution in [-0.2, 0) is 23.8 Å². The second-order valence-corrected chi connectivity index (χ2v) is 7.24. The van der Waals surface area contributed by atoms with Gasteiger partial charge in [-0.05, 0) is 18.1 Å². The molecule has 0 amide bonds. The minimum Gasteiger partial charge on any atom is -0.463 e. The summed E-state index contributed by atoms with van der Waals surface area (Å²) in [5.41, 5.74) is -0.344. The van der Waals surface area contributed by atoms with Crippen LogP contribution in [0, 0.1) is 11.8 Å². The van der Waals surface area contributed by atoms with Crippen molar-refractivity contribution in [1.29, 1.82) is 0 Å². The summed E-state index contributed by atoms with van der Waals surface area (Å²) in [5, 5.41) is 0. The Morgan fingerprint density at radius 1 is 1.08 bits per heavy atom. The Balaban J connectivity index is 2.16. The Morgan fingerprint density at radius 2 is 1.75 bits per heavy atom. The van der Waals surface area contributed by atoms with Gasteiger partial charge in [0.2, 0.25) is 0 Å². The van der Waals surface area contributed by atoms with Gasteiger partial charge in [-0.1, -0.05) is 43.8 Å². The average molecular weight is 352 g/mol. The summed E-state index contributed by atoms with van der Waals surface area (Å²) in [5.74, 6) is -0.460. The molecule has 6 heteroatoms. The van der Waals surface area contributed by atoms with Crippen LogP contribution in [0.2, 0.25) is 0 Å². The summed E-state index contributed by atoms with van der Waals surface area (Å²) in [6, 6.07) is 9.83. The van der Waals surface area contributed by atoms with Crippen LogP contribution in [0.4, 0.5) is 0 Å². The number of benzene rings is 1. The molecule has 5 atom stereocenters. The molecular formula is C18H24O5S. The number of thioether (sulfide) groups is 1. The van der Waals surface area contributed by atoms with Crippen molar-refractivity contribution in [1.82, 2.24) is 0 Å². The molecule has 1 fully saturated rings. The van der Waals surface area contributed by atoms with Crippen molar-refractivity contribution in [3.05, 3.63) is 30.3 Å². The first kappa shape index (κ1) is 18.8. The maximum atomic E-state index is 11.5. The molecule has 0 radical (unpaired) electrons. The van der Waals surface area contributed by atoms with E-state index in [9.17, 15) is 9.59 Å². The molecule has 0 N–H and O–H groups in total. The standard InChI is InChI=1S/C18H24O5S/c1-11-12(2)17(22-14(4)20)18(23-16(11)10-21-13(3)19)24-15-8-6-5-7-9-15/h5-9,11-12,16-18H,10H2,1-4H3/t11-,12+,16?,17?,18+/m1/s1. The Bertz CT molecular complexity index is 560. The molecule has 1 saturated heterocycles. The van der Waals surface area contributed by atoms with E-state index in [-0.39, 0.29) is 48.0 Å².